The molecule has 0 spiro atoms. The van der Waals surface area contributed by atoms with Crippen LogP contribution >= 0.6 is 11.6 Å². The van der Waals surface area contributed by atoms with Gasteiger partial charge < -0.3 is 19.7 Å². The van der Waals surface area contributed by atoms with E-state index in [-0.39, 0.29) is 29.1 Å². The molecule has 0 aliphatic rings. The average molecular weight is 602 g/mol. The number of benzene rings is 3. The quantitative estimate of drug-likeness (QED) is 0.299. The molecule has 0 aliphatic heterocycles. The summed E-state index contributed by atoms with van der Waals surface area (Å²) < 4.78 is 39.4. The van der Waals surface area contributed by atoms with Gasteiger partial charge in [-0.1, -0.05) is 30.7 Å². The molecular weight excluding hydrogens is 566 g/mol. The van der Waals surface area contributed by atoms with Gasteiger partial charge in [-0.15, -0.1) is 0 Å². The number of hydrogen-bond donors (Lipinski definition) is 1. The number of rotatable bonds is 13. The molecule has 0 saturated heterocycles. The standard InChI is InChI=1S/C30H36ClN3O6S/c1-6-28(30(36)32-21(2)3)33(19-22-8-7-9-26(18-22)40-5)29(35)20-34(24-12-10-23(31)11-13-24)41(37,38)27-16-14-25(39-4)15-17-27/h7-18,21,28H,6,19-20H2,1-5H3,(H,32,36)/t28-/m1/s1. The zero-order valence-electron chi connectivity index (χ0n) is 23.8. The fourth-order valence-corrected chi connectivity index (χ4v) is 5.82. The summed E-state index contributed by atoms with van der Waals surface area (Å²) in [4.78, 5) is 28.7. The molecule has 2 amide bonds. The third-order valence-electron chi connectivity index (χ3n) is 6.34. The molecule has 3 aromatic carbocycles. The van der Waals surface area contributed by atoms with Crippen molar-refractivity contribution in [1.29, 1.82) is 0 Å². The highest BCUT2D eigenvalue weighted by Crippen LogP contribution is 2.27. The van der Waals surface area contributed by atoms with Crippen molar-refractivity contribution in [3.8, 4) is 11.5 Å². The van der Waals surface area contributed by atoms with Gasteiger partial charge in [-0.25, -0.2) is 8.42 Å². The largest absolute Gasteiger partial charge is 0.497 e. The molecule has 1 N–H and O–H groups in total. The Morgan fingerprint density at radius 3 is 2.12 bits per heavy atom. The molecule has 0 aromatic heterocycles. The van der Waals surface area contributed by atoms with Gasteiger partial charge in [0.05, 0.1) is 24.8 Å². The maximum absolute atomic E-state index is 14.1. The van der Waals surface area contributed by atoms with Crippen LogP contribution in [0.15, 0.2) is 77.7 Å². The number of carbonyl (C=O) groups is 2. The second-order valence-corrected chi connectivity index (χ2v) is 11.9. The molecule has 41 heavy (non-hydrogen) atoms. The summed E-state index contributed by atoms with van der Waals surface area (Å²) in [6, 6.07) is 18.3. The van der Waals surface area contributed by atoms with Crippen molar-refractivity contribution in [1.82, 2.24) is 10.2 Å². The number of hydrogen-bond acceptors (Lipinski definition) is 6. The molecule has 0 fully saturated rings. The second kappa shape index (κ2) is 14.2. The van der Waals surface area contributed by atoms with E-state index in [1.165, 1.54) is 48.4 Å². The predicted octanol–water partition coefficient (Wildman–Crippen LogP) is 4.88. The summed E-state index contributed by atoms with van der Waals surface area (Å²) in [5.74, 6) is 0.212. The molecule has 0 unspecified atom stereocenters. The van der Waals surface area contributed by atoms with Crippen molar-refractivity contribution >= 4 is 39.1 Å². The van der Waals surface area contributed by atoms with Crippen molar-refractivity contribution in [2.75, 3.05) is 25.1 Å². The molecule has 0 heterocycles. The highest BCUT2D eigenvalue weighted by molar-refractivity contribution is 7.92. The van der Waals surface area contributed by atoms with Crippen LogP contribution in [0, 0.1) is 0 Å². The van der Waals surface area contributed by atoms with E-state index < -0.39 is 28.5 Å². The van der Waals surface area contributed by atoms with Crippen LogP contribution in [0.5, 0.6) is 11.5 Å². The van der Waals surface area contributed by atoms with Gasteiger partial charge in [0, 0.05) is 17.6 Å². The summed E-state index contributed by atoms with van der Waals surface area (Å²) >= 11 is 6.08. The lowest BCUT2D eigenvalue weighted by molar-refractivity contribution is -0.140. The second-order valence-electron chi connectivity index (χ2n) is 9.62. The monoisotopic (exact) mass is 601 g/mol. The fourth-order valence-electron chi connectivity index (χ4n) is 4.28. The normalized spacial score (nSPS) is 12.0. The lowest BCUT2D eigenvalue weighted by Crippen LogP contribution is -2.53. The number of halogens is 1. The molecule has 220 valence electrons. The summed E-state index contributed by atoms with van der Waals surface area (Å²) in [6.45, 7) is 5.00. The van der Waals surface area contributed by atoms with Crippen LogP contribution in [0.25, 0.3) is 0 Å². The van der Waals surface area contributed by atoms with E-state index in [2.05, 4.69) is 5.32 Å². The van der Waals surface area contributed by atoms with E-state index >= 15 is 0 Å². The van der Waals surface area contributed by atoms with Gasteiger partial charge >= 0.3 is 0 Å². The van der Waals surface area contributed by atoms with Crippen LogP contribution in [0.2, 0.25) is 5.02 Å². The highest BCUT2D eigenvalue weighted by atomic mass is 35.5. The lowest BCUT2D eigenvalue weighted by Gasteiger charge is -2.33. The minimum absolute atomic E-state index is 0.0232. The highest BCUT2D eigenvalue weighted by Gasteiger charge is 2.34. The Bertz CT molecular complexity index is 1430. The Balaban J connectivity index is 2.06. The first-order valence-corrected chi connectivity index (χ1v) is 15.0. The lowest BCUT2D eigenvalue weighted by atomic mass is 10.1. The number of nitrogens with zero attached hydrogens (tertiary/aromatic N) is 2. The third-order valence-corrected chi connectivity index (χ3v) is 8.38. The van der Waals surface area contributed by atoms with Crippen LogP contribution in [-0.2, 0) is 26.2 Å². The van der Waals surface area contributed by atoms with E-state index in [4.69, 9.17) is 21.1 Å². The Kier molecular flexibility index (Phi) is 11.0. The summed E-state index contributed by atoms with van der Waals surface area (Å²) in [6.07, 6.45) is 0.320. The maximum atomic E-state index is 14.1. The maximum Gasteiger partial charge on any atom is 0.264 e. The topological polar surface area (TPSA) is 105 Å². The number of sulfonamides is 1. The molecule has 3 aromatic rings. The number of amides is 2. The zero-order valence-corrected chi connectivity index (χ0v) is 25.4. The van der Waals surface area contributed by atoms with E-state index in [9.17, 15) is 18.0 Å². The fraction of sp³-hybridized carbons (Fsp3) is 0.333. The van der Waals surface area contributed by atoms with Gasteiger partial charge in [-0.3, -0.25) is 13.9 Å². The first-order valence-electron chi connectivity index (χ1n) is 13.1. The first-order chi connectivity index (χ1) is 19.5. The van der Waals surface area contributed by atoms with Gasteiger partial charge in [0.25, 0.3) is 10.0 Å². The average Bonchev–Trinajstić information content (AvgIpc) is 2.96. The molecular formula is C30H36ClN3O6S. The molecule has 11 heteroatoms. The van der Waals surface area contributed by atoms with Crippen LogP contribution in [-0.4, -0.2) is 58.0 Å². The van der Waals surface area contributed by atoms with Gasteiger partial charge in [-0.2, -0.15) is 0 Å². The van der Waals surface area contributed by atoms with Gasteiger partial charge in [-0.05, 0) is 86.5 Å². The predicted molar refractivity (Wildman–Crippen MR) is 160 cm³/mol. The molecule has 0 radical (unpaired) electrons. The van der Waals surface area contributed by atoms with Crippen molar-refractivity contribution in [2.24, 2.45) is 0 Å². The zero-order chi connectivity index (χ0) is 30.2. The molecule has 1 atom stereocenters. The van der Waals surface area contributed by atoms with E-state index in [0.717, 1.165) is 9.87 Å². The van der Waals surface area contributed by atoms with Crippen LogP contribution < -0.4 is 19.1 Å². The van der Waals surface area contributed by atoms with Crippen molar-refractivity contribution in [3.05, 3.63) is 83.4 Å². The van der Waals surface area contributed by atoms with Crippen molar-refractivity contribution in [2.45, 2.75) is 50.7 Å². The number of carbonyl (C=O) groups excluding carboxylic acids is 2. The first kappa shape index (κ1) is 31.8. The van der Waals surface area contributed by atoms with E-state index in [1.807, 2.05) is 26.8 Å². The Morgan fingerprint density at radius 1 is 0.927 bits per heavy atom. The molecule has 0 bridgehead atoms. The molecule has 9 nitrogen and oxygen atoms in total. The SMILES string of the molecule is CC[C@H](C(=O)NC(C)C)N(Cc1cccc(OC)c1)C(=O)CN(c1ccc(Cl)cc1)S(=O)(=O)c1ccc(OC)cc1. The number of nitrogens with one attached hydrogen (secondary N) is 1. The third kappa shape index (κ3) is 8.14. The minimum Gasteiger partial charge on any atom is -0.497 e. The van der Waals surface area contributed by atoms with E-state index in [1.54, 1.807) is 37.4 Å². The minimum atomic E-state index is -4.21. The smallest absolute Gasteiger partial charge is 0.264 e. The van der Waals surface area contributed by atoms with E-state index in [0.29, 0.717) is 22.9 Å². The Hall–Kier alpha value is -3.76. The summed E-state index contributed by atoms with van der Waals surface area (Å²) in [5.41, 5.74) is 0.976. The Morgan fingerprint density at radius 2 is 1.56 bits per heavy atom. The Labute approximate surface area is 247 Å². The summed E-state index contributed by atoms with van der Waals surface area (Å²) in [5, 5.41) is 3.29. The number of anilines is 1. The van der Waals surface area contributed by atoms with Crippen LogP contribution in [0.1, 0.15) is 32.8 Å². The van der Waals surface area contributed by atoms with Gasteiger partial charge in [0.2, 0.25) is 11.8 Å². The van der Waals surface area contributed by atoms with Crippen molar-refractivity contribution < 1.29 is 27.5 Å². The van der Waals surface area contributed by atoms with Crippen molar-refractivity contribution in [3.63, 3.8) is 0 Å². The molecule has 3 rings (SSSR count). The van der Waals surface area contributed by atoms with Crippen LogP contribution in [0.3, 0.4) is 0 Å². The summed E-state index contributed by atoms with van der Waals surface area (Å²) in [7, 11) is -1.18. The van der Waals surface area contributed by atoms with Gasteiger partial charge in [0.15, 0.2) is 0 Å². The number of ether oxygens (including phenoxy) is 2. The molecule has 0 saturated carbocycles. The van der Waals surface area contributed by atoms with Crippen LogP contribution in [0.4, 0.5) is 5.69 Å². The van der Waals surface area contributed by atoms with Gasteiger partial charge in [0.1, 0.15) is 24.1 Å². The number of methoxy groups -OCH3 is 2. The molecule has 0 aliphatic carbocycles.